The molecule has 0 unspecified atom stereocenters. The summed E-state index contributed by atoms with van der Waals surface area (Å²) >= 11 is 0. The molecule has 3 aromatic rings. The van der Waals surface area contributed by atoms with Crippen molar-refractivity contribution in [1.82, 2.24) is 5.32 Å². The standard InChI is InChI=1S/C21H20F3NO/c22-21(23,24)14-25-13-19(20(26)16-7-2-1-3-8-16)18-11-10-15-6-4-5-9-17(15)12-18/h1-12,19-20,25-26H,13-14H2/t19-,20-/m0/s1. The summed E-state index contributed by atoms with van der Waals surface area (Å²) in [6, 6.07) is 22.5. The van der Waals surface area contributed by atoms with Crippen molar-refractivity contribution in [3.05, 3.63) is 83.9 Å². The number of aliphatic hydroxyl groups is 1. The summed E-state index contributed by atoms with van der Waals surface area (Å²) in [4.78, 5) is 0. The van der Waals surface area contributed by atoms with E-state index in [0.29, 0.717) is 5.56 Å². The highest BCUT2D eigenvalue weighted by molar-refractivity contribution is 5.83. The Kier molecular flexibility index (Phi) is 5.59. The second-order valence-corrected chi connectivity index (χ2v) is 6.31. The van der Waals surface area contributed by atoms with E-state index in [1.807, 2.05) is 48.5 Å². The largest absolute Gasteiger partial charge is 0.401 e. The maximum Gasteiger partial charge on any atom is 0.401 e. The third-order valence-electron chi connectivity index (χ3n) is 4.41. The highest BCUT2D eigenvalue weighted by Crippen LogP contribution is 2.32. The van der Waals surface area contributed by atoms with Gasteiger partial charge in [-0.15, -0.1) is 0 Å². The van der Waals surface area contributed by atoms with E-state index in [1.165, 1.54) is 0 Å². The van der Waals surface area contributed by atoms with E-state index in [1.54, 1.807) is 24.3 Å². The first-order valence-electron chi connectivity index (χ1n) is 8.43. The molecule has 5 heteroatoms. The number of alkyl halides is 3. The molecule has 0 saturated heterocycles. The Balaban J connectivity index is 1.90. The molecule has 0 radical (unpaired) electrons. The fourth-order valence-electron chi connectivity index (χ4n) is 3.10. The maximum absolute atomic E-state index is 12.5. The van der Waals surface area contributed by atoms with Gasteiger partial charge in [0.1, 0.15) is 0 Å². The molecular formula is C21H20F3NO. The second-order valence-electron chi connectivity index (χ2n) is 6.31. The molecule has 2 N–H and O–H groups in total. The molecule has 0 fully saturated rings. The molecular weight excluding hydrogens is 339 g/mol. The van der Waals surface area contributed by atoms with E-state index >= 15 is 0 Å². The lowest BCUT2D eigenvalue weighted by Gasteiger charge is -2.25. The Morgan fingerprint density at radius 2 is 1.46 bits per heavy atom. The number of benzene rings is 3. The van der Waals surface area contributed by atoms with Crippen LogP contribution in [0.1, 0.15) is 23.1 Å². The average Bonchev–Trinajstić information content (AvgIpc) is 2.64. The van der Waals surface area contributed by atoms with Gasteiger partial charge in [-0.3, -0.25) is 0 Å². The van der Waals surface area contributed by atoms with Crippen molar-refractivity contribution in [3.63, 3.8) is 0 Å². The van der Waals surface area contributed by atoms with E-state index in [4.69, 9.17) is 0 Å². The van der Waals surface area contributed by atoms with Crippen molar-refractivity contribution < 1.29 is 18.3 Å². The lowest BCUT2D eigenvalue weighted by atomic mass is 9.88. The van der Waals surface area contributed by atoms with Gasteiger partial charge in [0.05, 0.1) is 12.6 Å². The lowest BCUT2D eigenvalue weighted by molar-refractivity contribution is -0.125. The Labute approximate surface area is 150 Å². The highest BCUT2D eigenvalue weighted by atomic mass is 19.4. The third-order valence-corrected chi connectivity index (χ3v) is 4.41. The summed E-state index contributed by atoms with van der Waals surface area (Å²) in [7, 11) is 0. The topological polar surface area (TPSA) is 32.3 Å². The number of rotatable bonds is 6. The molecule has 0 aliphatic carbocycles. The fraction of sp³-hybridized carbons (Fsp3) is 0.238. The zero-order chi connectivity index (χ0) is 18.6. The summed E-state index contributed by atoms with van der Waals surface area (Å²) in [5.41, 5.74) is 1.48. The average molecular weight is 359 g/mol. The van der Waals surface area contributed by atoms with E-state index in [0.717, 1.165) is 16.3 Å². The predicted molar refractivity (Wildman–Crippen MR) is 97.0 cm³/mol. The fourth-order valence-corrected chi connectivity index (χ4v) is 3.10. The van der Waals surface area contributed by atoms with E-state index in [9.17, 15) is 18.3 Å². The van der Waals surface area contributed by atoms with Crippen molar-refractivity contribution in [3.8, 4) is 0 Å². The van der Waals surface area contributed by atoms with E-state index < -0.39 is 24.7 Å². The lowest BCUT2D eigenvalue weighted by Crippen LogP contribution is -2.33. The van der Waals surface area contributed by atoms with E-state index in [2.05, 4.69) is 5.32 Å². The second kappa shape index (κ2) is 7.89. The molecule has 0 spiro atoms. The van der Waals surface area contributed by atoms with E-state index in [-0.39, 0.29) is 6.54 Å². The quantitative estimate of drug-likeness (QED) is 0.662. The first-order valence-corrected chi connectivity index (χ1v) is 8.43. The molecule has 3 aromatic carbocycles. The van der Waals surface area contributed by atoms with Crippen LogP contribution in [0.5, 0.6) is 0 Å². The normalized spacial score (nSPS) is 14.3. The van der Waals surface area contributed by atoms with Crippen molar-refractivity contribution in [2.24, 2.45) is 0 Å². The zero-order valence-corrected chi connectivity index (χ0v) is 14.1. The third kappa shape index (κ3) is 4.62. The molecule has 0 aliphatic rings. The van der Waals surface area contributed by atoms with Crippen LogP contribution >= 0.6 is 0 Å². The van der Waals surface area contributed by atoms with Gasteiger partial charge < -0.3 is 10.4 Å². The molecule has 3 rings (SSSR count). The molecule has 0 heterocycles. The number of halogens is 3. The van der Waals surface area contributed by atoms with Crippen molar-refractivity contribution >= 4 is 10.8 Å². The van der Waals surface area contributed by atoms with Gasteiger partial charge >= 0.3 is 6.18 Å². The molecule has 26 heavy (non-hydrogen) atoms. The molecule has 2 nitrogen and oxygen atoms in total. The Morgan fingerprint density at radius 1 is 0.808 bits per heavy atom. The molecule has 136 valence electrons. The van der Waals surface area contributed by atoms with Crippen LogP contribution in [0.3, 0.4) is 0 Å². The van der Waals surface area contributed by atoms with Gasteiger partial charge in [-0.1, -0.05) is 72.8 Å². The minimum absolute atomic E-state index is 0.0217. The van der Waals surface area contributed by atoms with Crippen molar-refractivity contribution in [2.45, 2.75) is 18.2 Å². The molecule has 0 saturated carbocycles. The first kappa shape index (κ1) is 18.4. The molecule has 0 aliphatic heterocycles. The molecule has 0 bridgehead atoms. The number of aliphatic hydroxyl groups excluding tert-OH is 1. The molecule has 0 amide bonds. The summed E-state index contributed by atoms with van der Waals surface area (Å²) in [5, 5.41) is 15.3. The summed E-state index contributed by atoms with van der Waals surface area (Å²) in [6.45, 7) is -1.06. The summed E-state index contributed by atoms with van der Waals surface area (Å²) in [6.07, 6.45) is -5.19. The predicted octanol–water partition coefficient (Wildman–Crippen LogP) is 4.81. The first-order chi connectivity index (χ1) is 12.4. The smallest absolute Gasteiger partial charge is 0.388 e. The van der Waals surface area contributed by atoms with Crippen LogP contribution in [0.2, 0.25) is 0 Å². The summed E-state index contributed by atoms with van der Waals surface area (Å²) < 4.78 is 37.5. The van der Waals surface area contributed by atoms with Crippen LogP contribution in [-0.2, 0) is 0 Å². The van der Waals surface area contributed by atoms with Crippen LogP contribution < -0.4 is 5.32 Å². The number of hydrogen-bond donors (Lipinski definition) is 2. The van der Waals surface area contributed by atoms with Crippen molar-refractivity contribution in [2.75, 3.05) is 13.1 Å². The van der Waals surface area contributed by atoms with Gasteiger partial charge in [0, 0.05) is 12.5 Å². The number of fused-ring (bicyclic) bond motifs is 1. The Bertz CT molecular complexity index is 849. The SMILES string of the molecule is O[C@@H](c1ccccc1)[C@@H](CNCC(F)(F)F)c1ccc2ccccc2c1. The Morgan fingerprint density at radius 3 is 2.15 bits per heavy atom. The van der Waals surface area contributed by atoms with Gasteiger partial charge in [0.15, 0.2) is 0 Å². The number of nitrogens with one attached hydrogen (secondary N) is 1. The number of hydrogen-bond acceptors (Lipinski definition) is 2. The zero-order valence-electron chi connectivity index (χ0n) is 14.1. The van der Waals surface area contributed by atoms with Crippen LogP contribution in [0.4, 0.5) is 13.2 Å². The minimum Gasteiger partial charge on any atom is -0.388 e. The van der Waals surface area contributed by atoms with Gasteiger partial charge in [0.25, 0.3) is 0 Å². The van der Waals surface area contributed by atoms with Gasteiger partial charge in [0.2, 0.25) is 0 Å². The van der Waals surface area contributed by atoms with Crippen molar-refractivity contribution in [1.29, 1.82) is 0 Å². The van der Waals surface area contributed by atoms with Crippen LogP contribution in [-0.4, -0.2) is 24.4 Å². The monoisotopic (exact) mass is 359 g/mol. The van der Waals surface area contributed by atoms with Crippen LogP contribution in [0, 0.1) is 0 Å². The highest BCUT2D eigenvalue weighted by Gasteiger charge is 2.29. The molecule has 0 aromatic heterocycles. The van der Waals surface area contributed by atoms with Gasteiger partial charge in [-0.25, -0.2) is 0 Å². The van der Waals surface area contributed by atoms with Crippen LogP contribution in [0.15, 0.2) is 72.8 Å². The maximum atomic E-state index is 12.5. The van der Waals surface area contributed by atoms with Crippen LogP contribution in [0.25, 0.3) is 10.8 Å². The molecule has 2 atom stereocenters. The van der Waals surface area contributed by atoms with Gasteiger partial charge in [-0.05, 0) is 21.9 Å². The summed E-state index contributed by atoms with van der Waals surface area (Å²) in [5.74, 6) is -0.496. The minimum atomic E-state index is -4.29. The Hall–Kier alpha value is -2.37. The van der Waals surface area contributed by atoms with Gasteiger partial charge in [-0.2, -0.15) is 13.2 Å².